The number of ether oxygens (including phenoxy) is 7. The first-order valence-corrected chi connectivity index (χ1v) is 15.8. The predicted molar refractivity (Wildman–Crippen MR) is 173 cm³/mol. The molecule has 1 aliphatic heterocycles. The number of hydrogen-bond acceptors (Lipinski definition) is 13. The van der Waals surface area contributed by atoms with E-state index in [1.165, 1.54) is 13.0 Å². The zero-order valence-electron chi connectivity index (χ0n) is 28.1. The molecule has 6 atom stereocenters. The number of carbonyl (C=O) groups is 6. The summed E-state index contributed by atoms with van der Waals surface area (Å²) in [4.78, 5) is 74.3. The van der Waals surface area contributed by atoms with Gasteiger partial charge < -0.3 is 43.8 Å². The average molecular weight is 697 g/mol. The number of esters is 4. The molecule has 1 fully saturated rings. The summed E-state index contributed by atoms with van der Waals surface area (Å²) in [7, 11) is 0. The molecule has 1 saturated heterocycles. The lowest BCUT2D eigenvalue weighted by atomic mass is 9.96. The summed E-state index contributed by atoms with van der Waals surface area (Å²) in [6.45, 7) is 6.80. The van der Waals surface area contributed by atoms with Crippen LogP contribution in [0.2, 0.25) is 0 Å². The maximum atomic E-state index is 13.1. The Bertz CT molecular complexity index is 1550. The van der Waals surface area contributed by atoms with Gasteiger partial charge in [0.15, 0.2) is 24.5 Å². The van der Waals surface area contributed by atoms with E-state index in [0.29, 0.717) is 0 Å². The van der Waals surface area contributed by atoms with Crippen LogP contribution in [0.4, 0.5) is 4.79 Å². The van der Waals surface area contributed by atoms with Crippen molar-refractivity contribution in [1.82, 2.24) is 10.6 Å². The molecule has 2 N–H and O–H groups in total. The summed E-state index contributed by atoms with van der Waals surface area (Å²) in [5, 5.41) is 5.03. The van der Waals surface area contributed by atoms with Gasteiger partial charge in [-0.25, -0.2) is 9.59 Å². The lowest BCUT2D eigenvalue weighted by Gasteiger charge is -2.45. The highest BCUT2D eigenvalue weighted by atomic mass is 16.7. The number of carbonyl (C=O) groups excluding carboxylic acids is 6. The van der Waals surface area contributed by atoms with Crippen LogP contribution in [0, 0.1) is 0 Å². The van der Waals surface area contributed by atoms with Gasteiger partial charge in [-0.3, -0.25) is 19.2 Å². The van der Waals surface area contributed by atoms with Crippen molar-refractivity contribution in [2.24, 2.45) is 0 Å². The van der Waals surface area contributed by atoms with Crippen LogP contribution in [0.15, 0.2) is 61.2 Å². The van der Waals surface area contributed by atoms with Crippen molar-refractivity contribution >= 4 is 35.9 Å². The van der Waals surface area contributed by atoms with Gasteiger partial charge in [-0.05, 0) is 22.3 Å². The first-order chi connectivity index (χ1) is 23.9. The number of fused-ring (bicyclic) bond motifs is 3. The molecule has 15 heteroatoms. The number of rotatable bonds is 14. The van der Waals surface area contributed by atoms with E-state index in [-0.39, 0.29) is 19.1 Å². The molecule has 1 heterocycles. The van der Waals surface area contributed by atoms with Gasteiger partial charge >= 0.3 is 30.0 Å². The molecule has 2 aromatic carbocycles. The van der Waals surface area contributed by atoms with Gasteiger partial charge in [0.2, 0.25) is 5.91 Å². The fourth-order valence-corrected chi connectivity index (χ4v) is 5.82. The Balaban J connectivity index is 1.53. The standard InChI is InChI=1S/C35H40N2O13/c1-6-15-44-33(42)28(37-35(43)47-16-27-25-13-9-7-11-23(25)24-12-8-10-14-26(24)27)17-46-34-30(36-19(2)38)32(49-22(5)41)31(48-21(4)40)29(50-34)18-45-20(3)39/h6-14,27-32,34H,1,15-18H2,2-5H3,(H,36,38)(H,37,43)/t28?,29?,30?,31-,32?,34-/m1/s1. The zero-order valence-corrected chi connectivity index (χ0v) is 28.1. The van der Waals surface area contributed by atoms with Crippen molar-refractivity contribution in [3.8, 4) is 11.1 Å². The second-order valence-electron chi connectivity index (χ2n) is 11.5. The van der Waals surface area contributed by atoms with Crippen LogP contribution < -0.4 is 10.6 Å². The van der Waals surface area contributed by atoms with E-state index in [4.69, 9.17) is 33.2 Å². The fraction of sp³-hybridized carbons (Fsp3) is 0.429. The molecule has 0 aromatic heterocycles. The topological polar surface area (TPSA) is 191 Å². The van der Waals surface area contributed by atoms with Crippen LogP contribution in [0.25, 0.3) is 11.1 Å². The molecule has 2 amide bonds. The Morgan fingerprint density at radius 2 is 1.40 bits per heavy atom. The van der Waals surface area contributed by atoms with Crippen LogP contribution in [0.3, 0.4) is 0 Å². The second-order valence-corrected chi connectivity index (χ2v) is 11.5. The third-order valence-electron chi connectivity index (χ3n) is 7.76. The molecule has 2 aliphatic rings. The quantitative estimate of drug-likeness (QED) is 0.166. The van der Waals surface area contributed by atoms with Gasteiger partial charge in [-0.2, -0.15) is 0 Å². The van der Waals surface area contributed by atoms with Crippen molar-refractivity contribution in [1.29, 1.82) is 0 Å². The SMILES string of the molecule is C=CCOC(=O)C(CO[C@@H]1OC(COC(C)=O)[C@@H](OC(C)=O)C(OC(C)=O)C1NC(C)=O)NC(=O)OCC1c2ccccc2-c2ccccc21. The van der Waals surface area contributed by atoms with Gasteiger partial charge in [0.25, 0.3) is 0 Å². The monoisotopic (exact) mass is 696 g/mol. The normalized spacial score (nSPS) is 21.3. The average Bonchev–Trinajstić information content (AvgIpc) is 3.38. The lowest BCUT2D eigenvalue weighted by Crippen LogP contribution is -2.67. The van der Waals surface area contributed by atoms with Crippen LogP contribution in [0.5, 0.6) is 0 Å². The molecule has 2 aromatic rings. The highest BCUT2D eigenvalue weighted by Gasteiger charge is 2.51. The molecule has 0 spiro atoms. The van der Waals surface area contributed by atoms with E-state index in [0.717, 1.165) is 43.0 Å². The third-order valence-corrected chi connectivity index (χ3v) is 7.76. The van der Waals surface area contributed by atoms with E-state index < -0.39 is 85.8 Å². The summed E-state index contributed by atoms with van der Waals surface area (Å²) in [5.41, 5.74) is 4.05. The molecule has 1 aliphatic carbocycles. The van der Waals surface area contributed by atoms with E-state index in [2.05, 4.69) is 17.2 Å². The van der Waals surface area contributed by atoms with Gasteiger partial charge in [-0.1, -0.05) is 61.2 Å². The zero-order chi connectivity index (χ0) is 36.4. The molecule has 4 unspecified atom stereocenters. The number of hydrogen-bond donors (Lipinski definition) is 2. The van der Waals surface area contributed by atoms with Crippen LogP contribution >= 0.6 is 0 Å². The molecule has 268 valence electrons. The summed E-state index contributed by atoms with van der Waals surface area (Å²) >= 11 is 0. The first kappa shape index (κ1) is 37.5. The van der Waals surface area contributed by atoms with Crippen LogP contribution in [-0.4, -0.2) is 99.0 Å². The van der Waals surface area contributed by atoms with Crippen molar-refractivity contribution < 1.29 is 61.9 Å². The highest BCUT2D eigenvalue weighted by molar-refractivity contribution is 5.82. The van der Waals surface area contributed by atoms with Crippen LogP contribution in [0.1, 0.15) is 44.7 Å². The Morgan fingerprint density at radius 1 is 0.800 bits per heavy atom. The first-order valence-electron chi connectivity index (χ1n) is 15.8. The van der Waals surface area contributed by atoms with E-state index in [1.54, 1.807) is 0 Å². The van der Waals surface area contributed by atoms with Gasteiger partial charge in [0.05, 0.1) is 6.61 Å². The molecule has 15 nitrogen and oxygen atoms in total. The molecular formula is C35H40N2O13. The van der Waals surface area contributed by atoms with Crippen molar-refractivity contribution in [3.05, 3.63) is 72.3 Å². The van der Waals surface area contributed by atoms with Gasteiger partial charge in [-0.15, -0.1) is 0 Å². The minimum Gasteiger partial charge on any atom is -0.463 e. The minimum atomic E-state index is -1.49. The van der Waals surface area contributed by atoms with Crippen molar-refractivity contribution in [2.45, 2.75) is 70.3 Å². The van der Waals surface area contributed by atoms with Gasteiger partial charge in [0.1, 0.15) is 32.0 Å². The lowest BCUT2D eigenvalue weighted by molar-refractivity contribution is -0.278. The summed E-state index contributed by atoms with van der Waals surface area (Å²) in [6, 6.07) is 12.8. The molecule has 0 saturated carbocycles. The largest absolute Gasteiger partial charge is 0.463 e. The number of nitrogens with one attached hydrogen (secondary N) is 2. The molecule has 0 radical (unpaired) electrons. The maximum absolute atomic E-state index is 13.1. The van der Waals surface area contributed by atoms with Crippen molar-refractivity contribution in [2.75, 3.05) is 26.4 Å². The molecule has 4 rings (SSSR count). The maximum Gasteiger partial charge on any atom is 0.407 e. The Labute approximate surface area is 288 Å². The molecular weight excluding hydrogens is 656 g/mol. The summed E-state index contributed by atoms with van der Waals surface area (Å²) in [5.74, 6) is -4.00. The second kappa shape index (κ2) is 17.4. The highest BCUT2D eigenvalue weighted by Crippen LogP contribution is 2.44. The Morgan fingerprint density at radius 3 is 1.96 bits per heavy atom. The summed E-state index contributed by atoms with van der Waals surface area (Å²) < 4.78 is 38.6. The van der Waals surface area contributed by atoms with E-state index >= 15 is 0 Å². The number of alkyl carbamates (subject to hydrolysis) is 1. The molecule has 50 heavy (non-hydrogen) atoms. The Hall–Kier alpha value is -5.28. The van der Waals surface area contributed by atoms with Crippen molar-refractivity contribution in [3.63, 3.8) is 0 Å². The Kier molecular flexibility index (Phi) is 13.1. The van der Waals surface area contributed by atoms with Crippen LogP contribution in [-0.2, 0) is 57.1 Å². The number of amides is 2. The molecule has 0 bridgehead atoms. The predicted octanol–water partition coefficient (Wildman–Crippen LogP) is 2.30. The minimum absolute atomic E-state index is 0.0368. The fourth-order valence-electron chi connectivity index (χ4n) is 5.82. The van der Waals surface area contributed by atoms with Gasteiger partial charge in [0, 0.05) is 33.6 Å². The third kappa shape index (κ3) is 9.66. The van der Waals surface area contributed by atoms with E-state index in [1.807, 2.05) is 48.5 Å². The van der Waals surface area contributed by atoms with E-state index in [9.17, 15) is 28.8 Å². The smallest absolute Gasteiger partial charge is 0.407 e. The number of benzene rings is 2. The summed E-state index contributed by atoms with van der Waals surface area (Å²) in [6.07, 6.45) is -5.09.